The Balaban J connectivity index is 2.59. The number of hydrogen-bond donors (Lipinski definition) is 0. The van der Waals surface area contributed by atoms with Crippen LogP contribution in [0, 0.1) is 0 Å². The van der Waals surface area contributed by atoms with Gasteiger partial charge in [-0.15, -0.1) is 0 Å². The van der Waals surface area contributed by atoms with Crippen LogP contribution < -0.4 is 0 Å². The Kier molecular flexibility index (Phi) is 3.63. The lowest BCUT2D eigenvalue weighted by atomic mass is 10.2. The van der Waals surface area contributed by atoms with E-state index in [-0.39, 0.29) is 9.99 Å². The summed E-state index contributed by atoms with van der Waals surface area (Å²) >= 11 is 18.9. The predicted molar refractivity (Wildman–Crippen MR) is 61.7 cm³/mol. The molecule has 0 radical (unpaired) electrons. The Bertz CT molecular complexity index is 228. The van der Waals surface area contributed by atoms with Gasteiger partial charge >= 0.3 is 0 Å². The Morgan fingerprint density at radius 3 is 2.38 bits per heavy atom. The summed E-state index contributed by atoms with van der Waals surface area (Å²) < 4.78 is -0.0751. The quantitative estimate of drug-likeness (QED) is 0.536. The third-order valence-electron chi connectivity index (χ3n) is 1.31. The predicted octanol–water partition coefficient (Wildman–Crippen LogP) is 3.91. The molecule has 13 heavy (non-hydrogen) atoms. The van der Waals surface area contributed by atoms with Crippen LogP contribution in [0.1, 0.15) is 13.8 Å². The molecule has 0 aromatic rings. The number of halogens is 3. The zero-order chi connectivity index (χ0) is 10.3. The largest absolute Gasteiger partial charge is 0.292 e. The summed E-state index contributed by atoms with van der Waals surface area (Å²) in [5.41, 5.74) is 0. The minimum absolute atomic E-state index is 0.0543. The van der Waals surface area contributed by atoms with Crippen molar-refractivity contribution in [3.63, 3.8) is 0 Å². The van der Waals surface area contributed by atoms with Crippen molar-refractivity contribution in [2.75, 3.05) is 6.54 Å². The van der Waals surface area contributed by atoms with Gasteiger partial charge in [-0.3, -0.25) is 9.10 Å². The second kappa shape index (κ2) is 3.89. The number of amides is 1. The molecule has 2 nitrogen and oxygen atoms in total. The van der Waals surface area contributed by atoms with Gasteiger partial charge in [0.1, 0.15) is 0 Å². The smallest absolute Gasteiger partial charge is 0.272 e. The summed E-state index contributed by atoms with van der Waals surface area (Å²) in [6.45, 7) is 4.55. The number of carbonyl (C=O) groups excluding carboxylic acids is 1. The van der Waals surface area contributed by atoms with E-state index >= 15 is 0 Å². The van der Waals surface area contributed by atoms with Crippen molar-refractivity contribution in [3.8, 4) is 0 Å². The standard InChI is InChI=1S/C6H8Cl3NOS2/c1-5(2)3-10(4(11)12-5)13-6(7,8)9/h3H2,1-2H3. The molecule has 0 aromatic carbocycles. The minimum atomic E-state index is -1.46. The van der Waals surface area contributed by atoms with Gasteiger partial charge in [0.2, 0.25) is 0 Å². The van der Waals surface area contributed by atoms with Crippen molar-refractivity contribution < 1.29 is 4.79 Å². The summed E-state index contributed by atoms with van der Waals surface area (Å²) in [7, 11) is 0. The van der Waals surface area contributed by atoms with E-state index in [0.29, 0.717) is 6.54 Å². The number of nitrogens with zero attached hydrogens (tertiary/aromatic N) is 1. The molecule has 1 fully saturated rings. The summed E-state index contributed by atoms with van der Waals surface area (Å²) in [4.78, 5) is 11.4. The lowest BCUT2D eigenvalue weighted by Crippen LogP contribution is -2.24. The number of thioether (sulfide) groups is 1. The van der Waals surface area contributed by atoms with E-state index in [4.69, 9.17) is 34.8 Å². The molecule has 0 bridgehead atoms. The molecule has 0 saturated carbocycles. The summed E-state index contributed by atoms with van der Waals surface area (Å²) in [6.07, 6.45) is 0. The average molecular weight is 281 g/mol. The normalized spacial score (nSPS) is 22.5. The molecule has 0 aromatic heterocycles. The highest BCUT2D eigenvalue weighted by atomic mass is 35.6. The zero-order valence-electron chi connectivity index (χ0n) is 7.01. The maximum Gasteiger partial charge on any atom is 0.292 e. The van der Waals surface area contributed by atoms with Crippen LogP contribution in [-0.4, -0.2) is 24.0 Å². The highest BCUT2D eigenvalue weighted by molar-refractivity contribution is 8.17. The molecule has 0 N–H and O–H groups in total. The Morgan fingerprint density at radius 1 is 1.54 bits per heavy atom. The molecule has 1 heterocycles. The van der Waals surface area contributed by atoms with Crippen LogP contribution in [0.5, 0.6) is 0 Å². The van der Waals surface area contributed by atoms with Crippen molar-refractivity contribution in [2.24, 2.45) is 0 Å². The molecule has 1 saturated heterocycles. The molecular weight excluding hydrogens is 273 g/mol. The SMILES string of the molecule is CC1(C)CN(SC(Cl)(Cl)Cl)C(=O)S1. The summed E-state index contributed by atoms with van der Waals surface area (Å²) in [5, 5.41) is -0.0543. The first-order chi connectivity index (χ1) is 5.70. The zero-order valence-corrected chi connectivity index (χ0v) is 10.9. The number of hydrogen-bond acceptors (Lipinski definition) is 3. The maximum atomic E-state index is 11.4. The van der Waals surface area contributed by atoms with Gasteiger partial charge < -0.3 is 0 Å². The number of rotatable bonds is 1. The molecule has 1 rings (SSSR count). The molecule has 7 heteroatoms. The first-order valence-electron chi connectivity index (χ1n) is 3.46. The summed E-state index contributed by atoms with van der Waals surface area (Å²) in [5.74, 6) is 0. The summed E-state index contributed by atoms with van der Waals surface area (Å²) in [6, 6.07) is 0. The third kappa shape index (κ3) is 3.96. The molecule has 76 valence electrons. The van der Waals surface area contributed by atoms with Gasteiger partial charge in [0.05, 0.1) is 0 Å². The molecule has 0 aliphatic carbocycles. The van der Waals surface area contributed by atoms with Crippen molar-refractivity contribution in [2.45, 2.75) is 21.7 Å². The van der Waals surface area contributed by atoms with E-state index < -0.39 is 3.12 Å². The first-order valence-corrected chi connectivity index (χ1v) is 6.18. The van der Waals surface area contributed by atoms with Crippen molar-refractivity contribution in [3.05, 3.63) is 0 Å². The fourth-order valence-corrected chi connectivity index (χ4v) is 3.52. The van der Waals surface area contributed by atoms with Crippen LogP contribution in [0.25, 0.3) is 0 Å². The lowest BCUT2D eigenvalue weighted by Gasteiger charge is -2.20. The minimum Gasteiger partial charge on any atom is -0.272 e. The van der Waals surface area contributed by atoms with Crippen LogP contribution in [0.3, 0.4) is 0 Å². The highest BCUT2D eigenvalue weighted by Crippen LogP contribution is 2.47. The van der Waals surface area contributed by atoms with Crippen LogP contribution in [0.2, 0.25) is 0 Å². The van der Waals surface area contributed by atoms with Gasteiger partial charge in [-0.05, 0) is 13.8 Å². The Morgan fingerprint density at radius 2 is 2.08 bits per heavy atom. The molecule has 0 spiro atoms. The van der Waals surface area contributed by atoms with Gasteiger partial charge in [0, 0.05) is 23.2 Å². The van der Waals surface area contributed by atoms with Crippen LogP contribution in [0.4, 0.5) is 4.79 Å². The fraction of sp³-hybridized carbons (Fsp3) is 0.833. The number of alkyl halides is 3. The monoisotopic (exact) mass is 279 g/mol. The van der Waals surface area contributed by atoms with Crippen molar-refractivity contribution in [1.29, 1.82) is 0 Å². The van der Waals surface area contributed by atoms with Gasteiger partial charge in [0.25, 0.3) is 8.36 Å². The third-order valence-corrected chi connectivity index (χ3v) is 3.84. The van der Waals surface area contributed by atoms with E-state index in [1.165, 1.54) is 16.1 Å². The van der Waals surface area contributed by atoms with E-state index in [9.17, 15) is 4.79 Å². The van der Waals surface area contributed by atoms with Crippen LogP contribution >= 0.6 is 58.5 Å². The van der Waals surface area contributed by atoms with Crippen molar-refractivity contribution >= 4 is 63.8 Å². The Hall–Kier alpha value is 1.04. The van der Waals surface area contributed by atoms with E-state index in [2.05, 4.69) is 0 Å². The molecule has 1 aliphatic heterocycles. The number of carbonyl (C=O) groups is 1. The van der Waals surface area contributed by atoms with Crippen LogP contribution in [0.15, 0.2) is 0 Å². The van der Waals surface area contributed by atoms with E-state index in [1.807, 2.05) is 13.8 Å². The van der Waals surface area contributed by atoms with Crippen LogP contribution in [-0.2, 0) is 0 Å². The molecule has 1 amide bonds. The first kappa shape index (κ1) is 12.1. The topological polar surface area (TPSA) is 20.3 Å². The lowest BCUT2D eigenvalue weighted by molar-refractivity contribution is 0.250. The van der Waals surface area contributed by atoms with Gasteiger partial charge in [0.15, 0.2) is 0 Å². The van der Waals surface area contributed by atoms with Crippen molar-refractivity contribution in [1.82, 2.24) is 4.31 Å². The average Bonchev–Trinajstić information content (AvgIpc) is 2.00. The highest BCUT2D eigenvalue weighted by Gasteiger charge is 2.40. The maximum absolute atomic E-state index is 11.4. The van der Waals surface area contributed by atoms with E-state index in [1.54, 1.807) is 0 Å². The second-order valence-electron chi connectivity index (χ2n) is 3.20. The molecule has 0 unspecified atom stereocenters. The molecular formula is C6H8Cl3NOS2. The van der Waals surface area contributed by atoms with Gasteiger partial charge in [-0.2, -0.15) is 0 Å². The second-order valence-corrected chi connectivity index (χ2v) is 9.05. The van der Waals surface area contributed by atoms with Gasteiger partial charge in [-0.1, -0.05) is 46.6 Å². The fourth-order valence-electron chi connectivity index (χ4n) is 0.924. The molecule has 1 aliphatic rings. The Labute approximate surface area is 101 Å². The van der Waals surface area contributed by atoms with E-state index in [0.717, 1.165) is 11.9 Å². The van der Waals surface area contributed by atoms with Gasteiger partial charge in [-0.25, -0.2) is 0 Å². The molecule has 0 atom stereocenters.